The molecule has 120 valence electrons. The fourth-order valence-electron chi connectivity index (χ4n) is 4.23. The molecule has 1 aromatic heterocycles. The van der Waals surface area contributed by atoms with Crippen LogP contribution < -0.4 is 10.2 Å². The Morgan fingerprint density at radius 3 is 2.92 bits per heavy atom. The predicted octanol–water partition coefficient (Wildman–Crippen LogP) is 2.67. The summed E-state index contributed by atoms with van der Waals surface area (Å²) >= 11 is 0. The molecule has 0 saturated heterocycles. The van der Waals surface area contributed by atoms with Crippen molar-refractivity contribution >= 4 is 22.5 Å². The van der Waals surface area contributed by atoms with E-state index in [-0.39, 0.29) is 11.7 Å². The van der Waals surface area contributed by atoms with E-state index in [2.05, 4.69) is 10.3 Å². The molecule has 2 aliphatic rings. The van der Waals surface area contributed by atoms with Gasteiger partial charge >= 0.3 is 0 Å². The highest BCUT2D eigenvalue weighted by Crippen LogP contribution is 2.47. The van der Waals surface area contributed by atoms with Crippen molar-refractivity contribution in [2.45, 2.75) is 12.0 Å². The molecular weight excluding hydrogens is 305 g/mol. The van der Waals surface area contributed by atoms with Gasteiger partial charge in [0.05, 0.1) is 5.69 Å². The maximum atomic E-state index is 13.7. The minimum absolute atomic E-state index is 0.00308. The minimum Gasteiger partial charge on any atom is -0.356 e. The van der Waals surface area contributed by atoms with Gasteiger partial charge in [-0.05, 0) is 36.2 Å². The molecule has 5 heteroatoms. The summed E-state index contributed by atoms with van der Waals surface area (Å²) in [4.78, 5) is 18.3. The van der Waals surface area contributed by atoms with Gasteiger partial charge in [-0.2, -0.15) is 0 Å². The summed E-state index contributed by atoms with van der Waals surface area (Å²) in [6, 6.07) is 12.6. The lowest BCUT2D eigenvalue weighted by molar-refractivity contribution is -0.122. The largest absolute Gasteiger partial charge is 0.356 e. The molecule has 1 atom stereocenters. The summed E-state index contributed by atoms with van der Waals surface area (Å²) in [7, 11) is 1.80. The molecule has 0 fully saturated rings. The summed E-state index contributed by atoms with van der Waals surface area (Å²) in [5.74, 6) is -0.260. The number of anilines is 1. The Kier molecular flexibility index (Phi) is 2.55. The van der Waals surface area contributed by atoms with Gasteiger partial charge in [0.15, 0.2) is 5.54 Å². The monoisotopic (exact) mass is 321 g/mol. The van der Waals surface area contributed by atoms with Crippen LogP contribution in [0.2, 0.25) is 0 Å². The van der Waals surface area contributed by atoms with Crippen molar-refractivity contribution in [3.05, 3.63) is 65.1 Å². The standard InChI is InChI=1S/C19H16FN3O/c1-23-16-5-3-2-4-14(16)19(18(23)24)17-12(8-9-21-19)13-10-11(20)6-7-15(13)22-17/h2-7,10,21-22H,8-9H2,1H3. The number of likely N-dealkylation sites (N-methyl/N-ethyl adjacent to an activating group) is 1. The first-order valence-electron chi connectivity index (χ1n) is 8.06. The van der Waals surface area contributed by atoms with E-state index >= 15 is 0 Å². The molecule has 0 aliphatic carbocycles. The molecule has 0 radical (unpaired) electrons. The number of halogens is 1. The van der Waals surface area contributed by atoms with Crippen LogP contribution in [0, 0.1) is 5.82 Å². The number of carbonyl (C=O) groups excluding carboxylic acids is 1. The van der Waals surface area contributed by atoms with Gasteiger partial charge in [0.1, 0.15) is 5.82 Å². The van der Waals surface area contributed by atoms with E-state index in [0.717, 1.165) is 39.8 Å². The number of aromatic amines is 1. The van der Waals surface area contributed by atoms with Crippen LogP contribution in [-0.2, 0) is 16.8 Å². The molecule has 2 N–H and O–H groups in total. The first-order chi connectivity index (χ1) is 11.6. The molecular formula is C19H16FN3O. The number of fused-ring (bicyclic) bond motifs is 6. The number of para-hydroxylation sites is 1. The third-order valence-electron chi connectivity index (χ3n) is 5.30. The molecule has 2 aromatic carbocycles. The van der Waals surface area contributed by atoms with Crippen molar-refractivity contribution in [3.63, 3.8) is 0 Å². The predicted molar refractivity (Wildman–Crippen MR) is 90.6 cm³/mol. The fourth-order valence-corrected chi connectivity index (χ4v) is 4.23. The normalized spacial score (nSPS) is 22.2. The van der Waals surface area contributed by atoms with Crippen molar-refractivity contribution < 1.29 is 9.18 Å². The van der Waals surface area contributed by atoms with Crippen molar-refractivity contribution in [3.8, 4) is 0 Å². The van der Waals surface area contributed by atoms with Crippen LogP contribution in [-0.4, -0.2) is 24.5 Å². The fraction of sp³-hybridized carbons (Fsp3) is 0.211. The van der Waals surface area contributed by atoms with E-state index < -0.39 is 5.54 Å². The number of carbonyl (C=O) groups is 1. The Labute approximate surface area is 138 Å². The molecule has 4 nitrogen and oxygen atoms in total. The second-order valence-electron chi connectivity index (χ2n) is 6.48. The van der Waals surface area contributed by atoms with Crippen molar-refractivity contribution in [1.82, 2.24) is 10.3 Å². The van der Waals surface area contributed by atoms with Gasteiger partial charge in [0.25, 0.3) is 5.91 Å². The van der Waals surface area contributed by atoms with Crippen LogP contribution in [0.25, 0.3) is 10.9 Å². The highest BCUT2D eigenvalue weighted by atomic mass is 19.1. The maximum Gasteiger partial charge on any atom is 0.257 e. The number of nitrogens with one attached hydrogen (secondary N) is 2. The zero-order valence-corrected chi connectivity index (χ0v) is 13.2. The van der Waals surface area contributed by atoms with Gasteiger partial charge < -0.3 is 9.88 Å². The molecule has 2 aliphatic heterocycles. The Bertz CT molecular complexity index is 1010. The third kappa shape index (κ3) is 1.48. The lowest BCUT2D eigenvalue weighted by Gasteiger charge is -2.33. The smallest absolute Gasteiger partial charge is 0.257 e. The lowest BCUT2D eigenvalue weighted by atomic mass is 9.82. The van der Waals surface area contributed by atoms with Gasteiger partial charge in [-0.3, -0.25) is 10.1 Å². The number of nitrogens with zero attached hydrogens (tertiary/aromatic N) is 1. The second-order valence-corrected chi connectivity index (χ2v) is 6.48. The summed E-state index contributed by atoms with van der Waals surface area (Å²) < 4.78 is 13.7. The molecule has 1 amide bonds. The number of amides is 1. The molecule has 3 aromatic rings. The number of hydrogen-bond donors (Lipinski definition) is 2. The number of H-pyrrole nitrogens is 1. The maximum absolute atomic E-state index is 13.7. The summed E-state index contributed by atoms with van der Waals surface area (Å²) in [6.45, 7) is 0.671. The molecule has 1 unspecified atom stereocenters. The van der Waals surface area contributed by atoms with E-state index in [9.17, 15) is 9.18 Å². The van der Waals surface area contributed by atoms with Gasteiger partial charge in [-0.15, -0.1) is 0 Å². The Morgan fingerprint density at radius 1 is 1.21 bits per heavy atom. The van der Waals surface area contributed by atoms with Gasteiger partial charge in [-0.25, -0.2) is 4.39 Å². The lowest BCUT2D eigenvalue weighted by Crippen LogP contribution is -2.54. The highest BCUT2D eigenvalue weighted by molar-refractivity contribution is 6.10. The molecule has 1 spiro atoms. The zero-order chi connectivity index (χ0) is 16.5. The van der Waals surface area contributed by atoms with Gasteiger partial charge in [-0.1, -0.05) is 18.2 Å². The van der Waals surface area contributed by atoms with Crippen LogP contribution >= 0.6 is 0 Å². The summed E-state index contributed by atoms with van der Waals surface area (Å²) in [5.41, 5.74) is 3.69. The number of aromatic nitrogens is 1. The number of benzene rings is 2. The Hall–Kier alpha value is -2.66. The SMILES string of the molecule is CN1C(=O)C2(NCCc3c2[nH]c2ccc(F)cc32)c2ccccc21. The molecule has 3 heterocycles. The average molecular weight is 321 g/mol. The molecule has 24 heavy (non-hydrogen) atoms. The topological polar surface area (TPSA) is 48.1 Å². The van der Waals surface area contributed by atoms with Crippen LogP contribution in [0.1, 0.15) is 16.8 Å². The summed E-state index contributed by atoms with van der Waals surface area (Å²) in [5, 5.41) is 4.31. The van der Waals surface area contributed by atoms with Crippen LogP contribution in [0.3, 0.4) is 0 Å². The van der Waals surface area contributed by atoms with Gasteiger partial charge in [0.2, 0.25) is 0 Å². The molecule has 0 saturated carbocycles. The van der Waals surface area contributed by atoms with E-state index in [1.807, 2.05) is 24.3 Å². The molecule has 5 rings (SSSR count). The van der Waals surface area contributed by atoms with Crippen LogP contribution in [0.4, 0.5) is 10.1 Å². The molecule has 0 bridgehead atoms. The average Bonchev–Trinajstić information content (AvgIpc) is 3.07. The van der Waals surface area contributed by atoms with E-state index in [1.165, 1.54) is 6.07 Å². The van der Waals surface area contributed by atoms with Crippen LogP contribution in [0.5, 0.6) is 0 Å². The Balaban J connectivity index is 1.87. The van der Waals surface area contributed by atoms with Crippen LogP contribution in [0.15, 0.2) is 42.5 Å². The first-order valence-corrected chi connectivity index (χ1v) is 8.06. The van der Waals surface area contributed by atoms with Crippen molar-refractivity contribution in [2.24, 2.45) is 0 Å². The Morgan fingerprint density at radius 2 is 2.04 bits per heavy atom. The van der Waals surface area contributed by atoms with Crippen molar-refractivity contribution in [1.29, 1.82) is 0 Å². The third-order valence-corrected chi connectivity index (χ3v) is 5.30. The second kappa shape index (κ2) is 4.45. The van der Waals surface area contributed by atoms with E-state index in [1.54, 1.807) is 24.1 Å². The zero-order valence-electron chi connectivity index (χ0n) is 13.2. The van der Waals surface area contributed by atoms with Gasteiger partial charge in [0, 0.05) is 35.7 Å². The first kappa shape index (κ1) is 13.7. The number of rotatable bonds is 0. The summed E-state index contributed by atoms with van der Waals surface area (Å²) in [6.07, 6.45) is 0.764. The highest BCUT2D eigenvalue weighted by Gasteiger charge is 2.54. The van der Waals surface area contributed by atoms with Crippen molar-refractivity contribution in [2.75, 3.05) is 18.5 Å². The quantitative estimate of drug-likeness (QED) is 0.669. The van der Waals surface area contributed by atoms with E-state index in [0.29, 0.717) is 6.54 Å². The van der Waals surface area contributed by atoms with E-state index in [4.69, 9.17) is 0 Å². The minimum atomic E-state index is -0.908. The number of hydrogen-bond acceptors (Lipinski definition) is 2.